The maximum absolute atomic E-state index is 13.2. The molecule has 0 atom stereocenters. The van der Waals surface area contributed by atoms with Crippen LogP contribution in [-0.2, 0) is 59.3 Å². The summed E-state index contributed by atoms with van der Waals surface area (Å²) in [5.41, 5.74) is 7.73. The van der Waals surface area contributed by atoms with Gasteiger partial charge in [-0.05, 0) is 136 Å². The molecule has 0 amide bonds. The van der Waals surface area contributed by atoms with Crippen molar-refractivity contribution in [1.29, 1.82) is 0 Å². The number of nitrogens with zero attached hydrogens (tertiary/aromatic N) is 12. The highest BCUT2D eigenvalue weighted by molar-refractivity contribution is 7.86. The number of fused-ring (bicyclic) bond motifs is 5. The zero-order valence-corrected chi connectivity index (χ0v) is 50.2. The number of unbranched alkanes of at least 4 members (excludes halogenated alkanes) is 2. The molecule has 12 rings (SSSR count). The fourth-order valence-corrected chi connectivity index (χ4v) is 15.4. The summed E-state index contributed by atoms with van der Waals surface area (Å²) in [5.74, 6) is 1.08. The van der Waals surface area contributed by atoms with Crippen LogP contribution in [0.1, 0.15) is 125 Å². The van der Waals surface area contributed by atoms with Crippen LogP contribution in [-0.4, -0.2) is 130 Å². The van der Waals surface area contributed by atoms with Crippen LogP contribution in [0, 0.1) is 0 Å². The van der Waals surface area contributed by atoms with Crippen molar-refractivity contribution in [2.75, 3.05) is 70.3 Å². The van der Waals surface area contributed by atoms with E-state index < -0.39 is 30.0 Å². The topological polar surface area (TPSA) is 210 Å². The highest BCUT2D eigenvalue weighted by Crippen LogP contribution is 2.45. The van der Waals surface area contributed by atoms with E-state index in [0.29, 0.717) is 65.4 Å². The minimum atomic E-state index is -5.01. The Morgan fingerprint density at radius 1 is 0.643 bits per heavy atom. The third kappa shape index (κ3) is 12.4. The molecule has 2 saturated heterocycles. The smallest absolute Gasteiger partial charge is 0.295 e. The molecule has 0 saturated carbocycles. The van der Waals surface area contributed by atoms with Crippen molar-refractivity contribution in [3.8, 4) is 11.5 Å². The average Bonchev–Trinajstić information content (AvgIpc) is 2.16. The summed E-state index contributed by atoms with van der Waals surface area (Å²) < 4.78 is 87.2. The molecular formula is C63H79N12O7S2+3. The van der Waals surface area contributed by atoms with Crippen LogP contribution in [0.3, 0.4) is 0 Å². The van der Waals surface area contributed by atoms with Crippen LogP contribution in [0.25, 0.3) is 16.3 Å². The van der Waals surface area contributed by atoms with E-state index in [9.17, 15) is 25.9 Å². The van der Waals surface area contributed by atoms with Crippen LogP contribution >= 0.6 is 0 Å². The zero-order valence-electron chi connectivity index (χ0n) is 48.6. The number of quaternary nitrogens is 2. The molecule has 21 heteroatoms. The number of ether oxygens (including phenoxy) is 1. The summed E-state index contributed by atoms with van der Waals surface area (Å²) in [6, 6.07) is 23.0. The summed E-state index contributed by atoms with van der Waals surface area (Å²) in [7, 11) is -9.82. The van der Waals surface area contributed by atoms with Crippen molar-refractivity contribution in [3.63, 3.8) is 0 Å². The van der Waals surface area contributed by atoms with Crippen LogP contribution in [0.2, 0.25) is 0 Å². The Bertz CT molecular complexity index is 3900. The van der Waals surface area contributed by atoms with Gasteiger partial charge in [0, 0.05) is 64.5 Å². The molecule has 7 aromatic rings. The van der Waals surface area contributed by atoms with Gasteiger partial charge in [-0.25, -0.2) is 4.58 Å². The number of aryl methyl sites for hydroxylation is 1. The standard InChI is InChI=1S/C63H77N12O7S2/c1-3-5-33-74(35-9-7-10-36-74)44-50-42-72(68-66-50)31-29-70(30-32-73-43-51(67-69-73)45-75(34-6-4-2)37-11-8-12-38-75)52-21-18-48(19-22-52)64-65-49-20-25-54-46(39-49)17-24-56-60(55-26-23-53(83(76,77)78)41-59(55)84(79,80)81)58-40-47-15-13-27-71-28-14-16-57(61(47)71)63(58)82-62(54)56/h17-26,39-43H,3-16,27-38,44-45H2,1-2H3/q+1/p+2. The fourth-order valence-electron chi connectivity index (χ4n) is 14.1. The van der Waals surface area contributed by atoms with Crippen LogP contribution < -0.4 is 24.8 Å². The first kappa shape index (κ1) is 57.7. The Hall–Kier alpha value is -6.75. The minimum absolute atomic E-state index is 0.0815. The van der Waals surface area contributed by atoms with Gasteiger partial charge in [-0.2, -0.15) is 27.1 Å². The van der Waals surface area contributed by atoms with Gasteiger partial charge in [0.2, 0.25) is 5.36 Å². The molecule has 0 unspecified atom stereocenters. The number of hydrogen-bond donors (Lipinski definition) is 2. The second-order valence-corrected chi connectivity index (χ2v) is 27.0. The Labute approximate surface area is 492 Å². The van der Waals surface area contributed by atoms with Crippen molar-refractivity contribution < 1.29 is 39.6 Å². The van der Waals surface area contributed by atoms with Gasteiger partial charge in [0.05, 0.1) is 86.6 Å². The number of benzene rings is 5. The van der Waals surface area contributed by atoms with E-state index >= 15 is 0 Å². The van der Waals surface area contributed by atoms with Gasteiger partial charge in [0.1, 0.15) is 54.0 Å². The van der Waals surface area contributed by atoms with Crippen molar-refractivity contribution in [1.82, 2.24) is 34.6 Å². The molecule has 0 radical (unpaired) electrons. The van der Waals surface area contributed by atoms with Gasteiger partial charge in [-0.3, -0.25) is 18.5 Å². The number of aromatic nitrogens is 6. The first-order valence-corrected chi connectivity index (χ1v) is 33.5. The molecule has 2 fully saturated rings. The lowest BCUT2D eigenvalue weighted by Crippen LogP contribution is -2.51. The van der Waals surface area contributed by atoms with E-state index in [4.69, 9.17) is 25.2 Å². The molecule has 2 aromatic heterocycles. The molecule has 0 aliphatic carbocycles. The predicted molar refractivity (Wildman–Crippen MR) is 323 cm³/mol. The Kier molecular flexibility index (Phi) is 16.7. The highest BCUT2D eigenvalue weighted by atomic mass is 32.2. The van der Waals surface area contributed by atoms with Crippen LogP contribution in [0.5, 0.6) is 11.5 Å². The molecule has 7 heterocycles. The molecule has 5 aromatic carbocycles. The number of rotatable bonds is 22. The minimum Gasteiger partial charge on any atom is -0.455 e. The summed E-state index contributed by atoms with van der Waals surface area (Å²) in [6.07, 6.45) is 20.3. The number of piperidine rings is 2. The van der Waals surface area contributed by atoms with E-state index in [2.05, 4.69) is 64.3 Å². The van der Waals surface area contributed by atoms with Gasteiger partial charge in [-0.1, -0.05) is 49.2 Å². The molecule has 2 N–H and O–H groups in total. The summed E-state index contributed by atoms with van der Waals surface area (Å²) in [6.45, 7) is 18.3. The van der Waals surface area contributed by atoms with Crippen molar-refractivity contribution in [2.24, 2.45) is 10.2 Å². The lowest BCUT2D eigenvalue weighted by atomic mass is 9.86. The predicted octanol–water partition coefficient (Wildman–Crippen LogP) is 9.48. The fraction of sp³-hybridized carbons (Fsp3) is 0.476. The van der Waals surface area contributed by atoms with Crippen molar-refractivity contribution in [3.05, 3.63) is 135 Å². The quantitative estimate of drug-likeness (QED) is 0.0281. The summed E-state index contributed by atoms with van der Waals surface area (Å²) in [4.78, 5) is 1.08. The van der Waals surface area contributed by atoms with E-state index in [1.807, 2.05) is 51.8 Å². The van der Waals surface area contributed by atoms with E-state index in [1.54, 1.807) is 0 Å². The van der Waals surface area contributed by atoms with Crippen LogP contribution in [0.4, 0.5) is 17.1 Å². The normalized spacial score (nSPS) is 17.5. The maximum Gasteiger partial charge on any atom is 0.295 e. The molecule has 0 spiro atoms. The Morgan fingerprint density at radius 2 is 1.24 bits per heavy atom. The Balaban J connectivity index is 0.816. The van der Waals surface area contributed by atoms with Gasteiger partial charge in [0.25, 0.3) is 20.2 Å². The third-order valence-electron chi connectivity index (χ3n) is 18.3. The second-order valence-electron chi connectivity index (χ2n) is 24.2. The number of likely N-dealkylation sites (tertiary alicyclic amines) is 2. The molecule has 5 aliphatic heterocycles. The molecule has 442 valence electrons. The van der Waals surface area contributed by atoms with Gasteiger partial charge >= 0.3 is 0 Å². The summed E-state index contributed by atoms with van der Waals surface area (Å²) in [5, 5.41) is 31.5. The molecular weight excluding hydrogens is 1100 g/mol. The number of anilines is 1. The summed E-state index contributed by atoms with van der Waals surface area (Å²) >= 11 is 0. The largest absolute Gasteiger partial charge is 0.455 e. The lowest BCUT2D eigenvalue weighted by molar-refractivity contribution is -0.945. The molecule has 0 bridgehead atoms. The first-order valence-electron chi connectivity index (χ1n) is 30.6. The SMILES string of the molecule is CCCC[N+]1(Cc2cn(CCN(CCn3cc(C[N+]4(CCCC)CCCCC4)nn3)c3ccc(N=Nc4ccc5c6c(ccc5c4)C(c4ccc(S(=O)(=O)O)cc4S(=O)(=O)O)=c4cc5c7c(c4O6)CCC[N+]=7CCC5)cc3)nn2)CCCCC1. The van der Waals surface area contributed by atoms with Gasteiger partial charge in [-0.15, -0.1) is 10.2 Å². The van der Waals surface area contributed by atoms with Gasteiger partial charge < -0.3 is 18.6 Å². The average molecular weight is 1180 g/mol. The first-order chi connectivity index (χ1) is 40.7. The van der Waals surface area contributed by atoms with Crippen molar-refractivity contribution >= 4 is 53.6 Å². The number of hydrogen-bond acceptors (Lipinski definition) is 12. The third-order valence-corrected chi connectivity index (χ3v) is 20.1. The maximum atomic E-state index is 13.2. The number of azo groups is 1. The van der Waals surface area contributed by atoms with E-state index in [1.165, 1.54) is 110 Å². The van der Waals surface area contributed by atoms with Gasteiger partial charge in [0.15, 0.2) is 0 Å². The van der Waals surface area contributed by atoms with E-state index in [0.717, 1.165) is 117 Å². The monoisotopic (exact) mass is 1180 g/mol. The molecule has 84 heavy (non-hydrogen) atoms. The molecule has 19 nitrogen and oxygen atoms in total. The molecule has 5 aliphatic rings. The second kappa shape index (κ2) is 24.3. The van der Waals surface area contributed by atoms with Crippen LogP contribution in [0.15, 0.2) is 111 Å². The zero-order chi connectivity index (χ0) is 58.1. The van der Waals surface area contributed by atoms with Crippen molar-refractivity contribution in [2.45, 2.75) is 140 Å². The lowest BCUT2D eigenvalue weighted by Gasteiger charge is -2.41. The van der Waals surface area contributed by atoms with E-state index in [-0.39, 0.29) is 5.56 Å². The highest BCUT2D eigenvalue weighted by Gasteiger charge is 2.36. The Morgan fingerprint density at radius 3 is 1.85 bits per heavy atom.